The minimum Gasteiger partial charge on any atom is -0.326 e. The number of benzene rings is 3. The van der Waals surface area contributed by atoms with Crippen molar-refractivity contribution < 1.29 is 4.79 Å². The largest absolute Gasteiger partial charge is 0.326 e. The molecule has 5 heteroatoms. The number of carbonyl (C=O) groups is 1. The summed E-state index contributed by atoms with van der Waals surface area (Å²) in [6.45, 7) is 1.02. The van der Waals surface area contributed by atoms with E-state index in [2.05, 4.69) is 45.3 Å². The summed E-state index contributed by atoms with van der Waals surface area (Å²) in [5.74, 6) is 1.08. The number of hydrogen-bond acceptors (Lipinski definition) is 3. The number of carbonyl (C=O) groups excluding carboxylic acids is 1. The van der Waals surface area contributed by atoms with E-state index in [4.69, 9.17) is 0 Å². The molecule has 0 aliphatic carbocycles. The number of thioether (sulfide) groups is 1. The van der Waals surface area contributed by atoms with Gasteiger partial charge in [0, 0.05) is 29.7 Å². The van der Waals surface area contributed by atoms with Crippen LogP contribution >= 0.6 is 11.8 Å². The van der Waals surface area contributed by atoms with Crippen molar-refractivity contribution in [2.24, 2.45) is 0 Å². The van der Waals surface area contributed by atoms with E-state index in [1.165, 1.54) is 5.56 Å². The van der Waals surface area contributed by atoms with Crippen molar-refractivity contribution >= 4 is 23.4 Å². The standard InChI is InChI=1S/C25H21N3OS/c29-24(16-18-6-8-20(9-7-18)19-4-2-1-3-5-19)26-22-12-10-21(11-13-22)23-17-28-14-15-30-25(28)27-23/h1-13,17H,14-16H2,(H,26,29). The molecule has 4 aromatic rings. The average Bonchev–Trinajstić information content (AvgIpc) is 3.38. The van der Waals surface area contributed by atoms with Gasteiger partial charge >= 0.3 is 0 Å². The number of rotatable bonds is 5. The van der Waals surface area contributed by atoms with Crippen LogP contribution in [0.15, 0.2) is 90.2 Å². The topological polar surface area (TPSA) is 46.9 Å². The third kappa shape index (κ3) is 4.02. The molecule has 30 heavy (non-hydrogen) atoms. The second kappa shape index (κ2) is 8.20. The van der Waals surface area contributed by atoms with Gasteiger partial charge in [-0.15, -0.1) is 0 Å². The van der Waals surface area contributed by atoms with Crippen LogP contribution in [0.1, 0.15) is 5.56 Å². The molecule has 0 fully saturated rings. The lowest BCUT2D eigenvalue weighted by Crippen LogP contribution is -2.14. The van der Waals surface area contributed by atoms with Gasteiger partial charge in [0.1, 0.15) is 0 Å². The molecular weight excluding hydrogens is 390 g/mol. The van der Waals surface area contributed by atoms with E-state index in [0.717, 1.165) is 45.5 Å². The average molecular weight is 412 g/mol. The molecule has 0 spiro atoms. The fraction of sp³-hybridized carbons (Fsp3) is 0.120. The Hall–Kier alpha value is -3.31. The van der Waals surface area contributed by atoms with Crippen LogP contribution in [0.3, 0.4) is 0 Å². The molecule has 1 N–H and O–H groups in total. The number of fused-ring (bicyclic) bond motifs is 1. The number of nitrogens with zero attached hydrogens (tertiary/aromatic N) is 2. The van der Waals surface area contributed by atoms with Crippen molar-refractivity contribution in [1.29, 1.82) is 0 Å². The highest BCUT2D eigenvalue weighted by Crippen LogP contribution is 2.29. The highest BCUT2D eigenvalue weighted by atomic mass is 32.2. The summed E-state index contributed by atoms with van der Waals surface area (Å²) in [4.78, 5) is 17.1. The van der Waals surface area contributed by atoms with Gasteiger partial charge in [0.25, 0.3) is 0 Å². The summed E-state index contributed by atoms with van der Waals surface area (Å²) in [5, 5.41) is 4.07. The monoisotopic (exact) mass is 411 g/mol. The summed E-state index contributed by atoms with van der Waals surface area (Å²) in [6, 6.07) is 26.3. The van der Waals surface area contributed by atoms with Crippen molar-refractivity contribution in [3.63, 3.8) is 0 Å². The number of aryl methyl sites for hydroxylation is 1. The zero-order chi connectivity index (χ0) is 20.3. The highest BCUT2D eigenvalue weighted by Gasteiger charge is 2.15. The maximum Gasteiger partial charge on any atom is 0.228 e. The van der Waals surface area contributed by atoms with E-state index in [0.29, 0.717) is 6.42 Å². The zero-order valence-electron chi connectivity index (χ0n) is 16.4. The van der Waals surface area contributed by atoms with E-state index in [1.54, 1.807) is 11.8 Å². The molecule has 4 nitrogen and oxygen atoms in total. The summed E-state index contributed by atoms with van der Waals surface area (Å²) in [7, 11) is 0. The first kappa shape index (κ1) is 18.7. The second-order valence-corrected chi connectivity index (χ2v) is 8.38. The first-order valence-electron chi connectivity index (χ1n) is 9.99. The van der Waals surface area contributed by atoms with Gasteiger partial charge in [-0.3, -0.25) is 4.79 Å². The Balaban J connectivity index is 1.21. The number of aromatic nitrogens is 2. The first-order valence-corrected chi connectivity index (χ1v) is 11.0. The summed E-state index contributed by atoms with van der Waals surface area (Å²) < 4.78 is 2.19. The van der Waals surface area contributed by atoms with Gasteiger partial charge in [0.05, 0.1) is 12.1 Å². The van der Waals surface area contributed by atoms with Gasteiger partial charge in [-0.05, 0) is 28.8 Å². The lowest BCUT2D eigenvalue weighted by Gasteiger charge is -2.07. The molecule has 0 saturated carbocycles. The molecule has 0 unspecified atom stereocenters. The van der Waals surface area contributed by atoms with Gasteiger partial charge in [0.15, 0.2) is 5.16 Å². The molecule has 0 saturated heterocycles. The molecule has 0 atom stereocenters. The molecule has 3 aromatic carbocycles. The van der Waals surface area contributed by atoms with E-state index in [-0.39, 0.29) is 5.91 Å². The molecule has 148 valence electrons. The van der Waals surface area contributed by atoms with Crippen LogP contribution in [-0.4, -0.2) is 21.2 Å². The maximum atomic E-state index is 12.5. The summed E-state index contributed by atoms with van der Waals surface area (Å²) in [5.41, 5.74) is 6.16. The van der Waals surface area contributed by atoms with Crippen LogP contribution in [0, 0.1) is 0 Å². The van der Waals surface area contributed by atoms with Crippen molar-refractivity contribution in [3.8, 4) is 22.4 Å². The Morgan fingerprint density at radius 3 is 2.33 bits per heavy atom. The fourth-order valence-electron chi connectivity index (χ4n) is 3.61. The molecule has 1 aliphatic heterocycles. The van der Waals surface area contributed by atoms with Crippen molar-refractivity contribution in [1.82, 2.24) is 9.55 Å². The number of nitrogens with one attached hydrogen (secondary N) is 1. The number of amides is 1. The van der Waals surface area contributed by atoms with Crippen LogP contribution in [0.25, 0.3) is 22.4 Å². The molecular formula is C25H21N3OS. The van der Waals surface area contributed by atoms with Gasteiger partial charge in [0.2, 0.25) is 5.91 Å². The molecule has 1 amide bonds. The predicted octanol–water partition coefficient (Wildman–Crippen LogP) is 5.50. The number of hydrogen-bond donors (Lipinski definition) is 1. The molecule has 1 aromatic heterocycles. The van der Waals surface area contributed by atoms with Crippen LogP contribution in [0.4, 0.5) is 5.69 Å². The Morgan fingerprint density at radius 1 is 0.900 bits per heavy atom. The number of anilines is 1. The van der Waals surface area contributed by atoms with E-state index >= 15 is 0 Å². The minimum atomic E-state index is -0.0208. The van der Waals surface area contributed by atoms with Gasteiger partial charge in [-0.1, -0.05) is 78.5 Å². The van der Waals surface area contributed by atoms with E-state index < -0.39 is 0 Å². The Morgan fingerprint density at radius 2 is 1.60 bits per heavy atom. The normalized spacial score (nSPS) is 12.5. The van der Waals surface area contributed by atoms with Crippen molar-refractivity contribution in [2.45, 2.75) is 18.1 Å². The number of imidazole rings is 1. The highest BCUT2D eigenvalue weighted by molar-refractivity contribution is 7.99. The third-order valence-electron chi connectivity index (χ3n) is 5.19. The molecule has 2 heterocycles. The Kier molecular flexibility index (Phi) is 5.11. The zero-order valence-corrected chi connectivity index (χ0v) is 17.2. The lowest BCUT2D eigenvalue weighted by molar-refractivity contribution is -0.115. The third-order valence-corrected chi connectivity index (χ3v) is 6.16. The van der Waals surface area contributed by atoms with E-state index in [1.807, 2.05) is 54.6 Å². The van der Waals surface area contributed by atoms with Gasteiger partial charge < -0.3 is 9.88 Å². The van der Waals surface area contributed by atoms with Gasteiger partial charge in [-0.25, -0.2) is 4.98 Å². The molecule has 0 bridgehead atoms. The predicted molar refractivity (Wildman–Crippen MR) is 123 cm³/mol. The molecule has 1 aliphatic rings. The Bertz CT molecular complexity index is 1140. The van der Waals surface area contributed by atoms with Crippen molar-refractivity contribution in [2.75, 3.05) is 11.1 Å². The molecule has 0 radical (unpaired) electrons. The van der Waals surface area contributed by atoms with Crippen LogP contribution in [-0.2, 0) is 17.8 Å². The SMILES string of the molecule is O=C(Cc1ccc(-c2ccccc2)cc1)Nc1ccc(-c2cn3c(n2)SCC3)cc1. The quantitative estimate of drug-likeness (QED) is 0.471. The Labute approximate surface area is 180 Å². The maximum absolute atomic E-state index is 12.5. The van der Waals surface area contributed by atoms with Crippen LogP contribution in [0.5, 0.6) is 0 Å². The van der Waals surface area contributed by atoms with Gasteiger partial charge in [-0.2, -0.15) is 0 Å². The molecule has 5 rings (SSSR count). The van der Waals surface area contributed by atoms with Crippen molar-refractivity contribution in [3.05, 3.63) is 90.6 Å². The van der Waals surface area contributed by atoms with Crippen LogP contribution < -0.4 is 5.32 Å². The second-order valence-electron chi connectivity index (χ2n) is 7.32. The summed E-state index contributed by atoms with van der Waals surface area (Å²) >= 11 is 1.79. The smallest absolute Gasteiger partial charge is 0.228 e. The lowest BCUT2D eigenvalue weighted by atomic mass is 10.0. The van der Waals surface area contributed by atoms with Crippen LogP contribution in [0.2, 0.25) is 0 Å². The minimum absolute atomic E-state index is 0.0208. The fourth-order valence-corrected chi connectivity index (χ4v) is 4.55. The summed E-state index contributed by atoms with van der Waals surface area (Å²) in [6.07, 6.45) is 2.45. The first-order chi connectivity index (χ1) is 14.7. The van der Waals surface area contributed by atoms with E-state index in [9.17, 15) is 4.79 Å².